The van der Waals surface area contributed by atoms with E-state index in [-0.39, 0.29) is 0 Å². The van der Waals surface area contributed by atoms with E-state index in [0.29, 0.717) is 0 Å². The lowest BCUT2D eigenvalue weighted by atomic mass is 10.0. The second-order valence-electron chi connectivity index (χ2n) is 5.37. The molecular weight excluding hydrogens is 228 g/mol. The summed E-state index contributed by atoms with van der Waals surface area (Å²) in [5.74, 6) is 0. The van der Waals surface area contributed by atoms with Gasteiger partial charge in [-0.15, -0.1) is 11.5 Å². The van der Waals surface area contributed by atoms with Crippen molar-refractivity contribution >= 4 is 0 Å². The van der Waals surface area contributed by atoms with Crippen LogP contribution in [0.1, 0.15) is 57.8 Å². The first kappa shape index (κ1) is 13.9. The van der Waals surface area contributed by atoms with Crippen molar-refractivity contribution in [3.63, 3.8) is 0 Å². The number of hydrogen-bond acceptors (Lipinski definition) is 0. The Morgan fingerprint density at radius 1 is 0.579 bits per heavy atom. The first-order valence-corrected chi connectivity index (χ1v) is 7.70. The van der Waals surface area contributed by atoms with Crippen LogP contribution in [0.25, 0.3) is 0 Å². The van der Waals surface area contributed by atoms with Gasteiger partial charge < -0.3 is 0 Å². The average molecular weight is 252 g/mol. The topological polar surface area (TPSA) is 0 Å². The van der Waals surface area contributed by atoms with E-state index in [4.69, 9.17) is 0 Å². The van der Waals surface area contributed by atoms with Gasteiger partial charge >= 0.3 is 0 Å². The first-order chi connectivity index (χ1) is 9.45. The molecule has 0 nitrogen and oxygen atoms in total. The van der Waals surface area contributed by atoms with Gasteiger partial charge in [-0.05, 0) is 49.0 Å². The monoisotopic (exact) mass is 252 g/mol. The van der Waals surface area contributed by atoms with Gasteiger partial charge in [0, 0.05) is 0 Å². The van der Waals surface area contributed by atoms with Crippen LogP contribution in [0.4, 0.5) is 0 Å². The van der Waals surface area contributed by atoms with Crippen LogP contribution < -0.4 is 0 Å². The number of unbranched alkanes of at least 4 members (excludes halogenated alkanes) is 6. The molecule has 0 saturated heterocycles. The predicted octanol–water partition coefficient (Wildman–Crippen LogP) is 5.80. The van der Waals surface area contributed by atoms with Gasteiger partial charge in [-0.2, -0.15) is 0 Å². The molecule has 19 heavy (non-hydrogen) atoms. The zero-order chi connectivity index (χ0) is 13.2. The van der Waals surface area contributed by atoms with Crippen LogP contribution in [0.15, 0.2) is 59.1 Å². The summed E-state index contributed by atoms with van der Waals surface area (Å²) in [6.45, 7) is 0. The van der Waals surface area contributed by atoms with Gasteiger partial charge in [0.1, 0.15) is 0 Å². The van der Waals surface area contributed by atoms with E-state index in [9.17, 15) is 0 Å². The SMILES string of the molecule is C1=CC=CC=1CCCCCCCCCC1=C=CC=C1. The summed E-state index contributed by atoms with van der Waals surface area (Å²) >= 11 is 0. The minimum Gasteiger partial charge on any atom is -0.117 e. The molecule has 0 saturated carbocycles. The first-order valence-electron chi connectivity index (χ1n) is 7.70. The molecule has 100 valence electrons. The molecule has 0 amide bonds. The van der Waals surface area contributed by atoms with E-state index in [1.54, 1.807) is 0 Å². The van der Waals surface area contributed by atoms with E-state index in [2.05, 4.69) is 35.8 Å². The Labute approximate surface area is 117 Å². The summed E-state index contributed by atoms with van der Waals surface area (Å²) in [5.41, 5.74) is 9.29. The highest BCUT2D eigenvalue weighted by Crippen LogP contribution is 2.16. The molecule has 2 aliphatic carbocycles. The molecule has 0 heterocycles. The van der Waals surface area contributed by atoms with Crippen LogP contribution in [0.3, 0.4) is 0 Å². The molecule has 0 radical (unpaired) electrons. The maximum atomic E-state index is 3.27. The third-order valence-electron chi connectivity index (χ3n) is 3.72. The highest BCUT2D eigenvalue weighted by Gasteiger charge is 1.97. The molecule has 0 fully saturated rings. The largest absolute Gasteiger partial charge is 0.117 e. The van der Waals surface area contributed by atoms with Crippen LogP contribution in [0, 0.1) is 0 Å². The molecule has 0 bridgehead atoms. The minimum atomic E-state index is 1.21. The van der Waals surface area contributed by atoms with Crippen molar-refractivity contribution in [3.05, 3.63) is 59.1 Å². The smallest absolute Gasteiger partial charge is 0.00601 e. The van der Waals surface area contributed by atoms with E-state index in [0.717, 1.165) is 0 Å². The third kappa shape index (κ3) is 5.79. The second-order valence-corrected chi connectivity index (χ2v) is 5.37. The van der Waals surface area contributed by atoms with E-state index < -0.39 is 0 Å². The fourth-order valence-electron chi connectivity index (χ4n) is 2.56. The molecule has 2 rings (SSSR count). The lowest BCUT2D eigenvalue weighted by Crippen LogP contribution is -1.83. The number of allylic oxidation sites excluding steroid dienone is 6. The normalized spacial score (nSPS) is 15.4. The standard InChI is InChI=1S/C19H24/c1(2-4-6-12-18-14-8-9-15-18)3-5-7-13-19-16-10-11-17-19/h8-11,14,16H,1-7,12-13H2. The van der Waals surface area contributed by atoms with Crippen molar-refractivity contribution in [1.82, 2.24) is 0 Å². The molecule has 0 aromatic carbocycles. The molecular formula is C19H24. The highest BCUT2D eigenvalue weighted by atomic mass is 14.0. The average Bonchev–Trinajstić information content (AvgIpc) is 3.10. The van der Waals surface area contributed by atoms with Crippen LogP contribution in [-0.4, -0.2) is 0 Å². The zero-order valence-corrected chi connectivity index (χ0v) is 11.8. The van der Waals surface area contributed by atoms with Crippen molar-refractivity contribution in [1.29, 1.82) is 0 Å². The summed E-state index contributed by atoms with van der Waals surface area (Å²) in [6, 6.07) is 0. The summed E-state index contributed by atoms with van der Waals surface area (Å²) in [4.78, 5) is 0. The van der Waals surface area contributed by atoms with Gasteiger partial charge in [-0.1, -0.05) is 56.4 Å². The van der Waals surface area contributed by atoms with Gasteiger partial charge in [-0.3, -0.25) is 0 Å². The Morgan fingerprint density at radius 3 is 1.37 bits per heavy atom. The Hall–Kier alpha value is -1.48. The van der Waals surface area contributed by atoms with E-state index in [1.165, 1.54) is 68.9 Å². The summed E-state index contributed by atoms with van der Waals surface area (Å²) in [6.07, 6.45) is 24.5. The van der Waals surface area contributed by atoms with Crippen molar-refractivity contribution in [2.45, 2.75) is 57.8 Å². The summed E-state index contributed by atoms with van der Waals surface area (Å²) in [7, 11) is 0. The Bertz CT molecular complexity index is 414. The summed E-state index contributed by atoms with van der Waals surface area (Å²) in [5, 5.41) is 0. The lowest BCUT2D eigenvalue weighted by Gasteiger charge is -2.02. The van der Waals surface area contributed by atoms with Gasteiger partial charge in [0.2, 0.25) is 0 Å². The quantitative estimate of drug-likeness (QED) is 0.340. The van der Waals surface area contributed by atoms with E-state index >= 15 is 0 Å². The van der Waals surface area contributed by atoms with Crippen molar-refractivity contribution in [2.75, 3.05) is 0 Å². The molecule has 0 spiro atoms. The van der Waals surface area contributed by atoms with Gasteiger partial charge in [0.05, 0.1) is 0 Å². The highest BCUT2D eigenvalue weighted by molar-refractivity contribution is 5.29. The summed E-state index contributed by atoms with van der Waals surface area (Å²) < 4.78 is 0. The molecule has 0 atom stereocenters. The van der Waals surface area contributed by atoms with Gasteiger partial charge in [0.15, 0.2) is 0 Å². The predicted molar refractivity (Wildman–Crippen MR) is 83.0 cm³/mol. The third-order valence-corrected chi connectivity index (χ3v) is 3.72. The lowest BCUT2D eigenvalue weighted by molar-refractivity contribution is 0.580. The number of hydrogen-bond donors (Lipinski definition) is 0. The fourth-order valence-corrected chi connectivity index (χ4v) is 2.56. The van der Waals surface area contributed by atoms with Crippen LogP contribution in [-0.2, 0) is 0 Å². The Kier molecular flexibility index (Phi) is 6.30. The van der Waals surface area contributed by atoms with Crippen LogP contribution in [0.5, 0.6) is 0 Å². The van der Waals surface area contributed by atoms with Crippen molar-refractivity contribution in [2.24, 2.45) is 0 Å². The van der Waals surface area contributed by atoms with E-state index in [1.807, 2.05) is 12.2 Å². The van der Waals surface area contributed by atoms with Crippen LogP contribution >= 0.6 is 0 Å². The van der Waals surface area contributed by atoms with Crippen molar-refractivity contribution in [3.8, 4) is 0 Å². The molecule has 0 heteroatoms. The second kappa shape index (κ2) is 8.59. The van der Waals surface area contributed by atoms with Gasteiger partial charge in [0.25, 0.3) is 0 Å². The molecule has 0 unspecified atom stereocenters. The molecule has 0 aromatic heterocycles. The maximum absolute atomic E-state index is 3.27. The Morgan fingerprint density at radius 2 is 1.00 bits per heavy atom. The maximum Gasteiger partial charge on any atom is -0.00601 e. The molecule has 0 aliphatic heterocycles. The Balaban J connectivity index is 1.36. The van der Waals surface area contributed by atoms with Gasteiger partial charge in [-0.25, -0.2) is 0 Å². The fraction of sp³-hybridized carbons (Fsp3) is 0.474. The molecule has 0 N–H and O–H groups in total. The zero-order valence-electron chi connectivity index (χ0n) is 11.8. The number of rotatable bonds is 10. The minimum absolute atomic E-state index is 1.21. The van der Waals surface area contributed by atoms with Crippen LogP contribution in [0.2, 0.25) is 0 Å². The molecule has 0 aromatic rings. The van der Waals surface area contributed by atoms with Crippen molar-refractivity contribution < 1.29 is 0 Å². The molecule has 2 aliphatic rings.